The molecule has 0 aliphatic carbocycles. The van der Waals surface area contributed by atoms with Gasteiger partial charge in [-0.1, -0.05) is 0 Å². The van der Waals surface area contributed by atoms with Crippen LogP contribution in [0.1, 0.15) is 61.1 Å². The Balaban J connectivity index is 0.000000144. The molecule has 0 spiro atoms. The number of methoxy groups -OCH3 is 5. The second-order valence-electron chi connectivity index (χ2n) is 29.8. The van der Waals surface area contributed by atoms with Gasteiger partial charge in [0.15, 0.2) is 13.2 Å². The normalized spacial score (nSPS) is 14.2. The Bertz CT molecular complexity index is 6790. The number of halogens is 7. The van der Waals surface area contributed by atoms with E-state index >= 15 is 0 Å². The quantitative estimate of drug-likeness (QED) is 0.0445. The molecule has 0 unspecified atom stereocenters. The van der Waals surface area contributed by atoms with E-state index in [1.807, 2.05) is 86.8 Å². The maximum Gasteiger partial charge on any atom is 0.390 e. The van der Waals surface area contributed by atoms with E-state index in [0.29, 0.717) is 130 Å². The summed E-state index contributed by atoms with van der Waals surface area (Å²) >= 11 is 1.42. The number of hydrogen-bond acceptors (Lipinski definition) is 22. The summed E-state index contributed by atoms with van der Waals surface area (Å²) < 4.78 is 182. The van der Waals surface area contributed by atoms with Crippen LogP contribution in [0.4, 0.5) is 118 Å². The van der Waals surface area contributed by atoms with Gasteiger partial charge in [0.05, 0.1) is 141 Å². The Morgan fingerprint density at radius 1 is 0.444 bits per heavy atom. The van der Waals surface area contributed by atoms with Crippen LogP contribution in [0.25, 0.3) is 21.8 Å². The number of pyridine rings is 4. The van der Waals surface area contributed by atoms with E-state index in [1.54, 1.807) is 148 Å². The van der Waals surface area contributed by atoms with Gasteiger partial charge < -0.3 is 47.9 Å². The Labute approximate surface area is 781 Å². The number of carbonyl (C=O) groups is 5. The molecule has 1 N–H and O–H groups in total. The highest BCUT2D eigenvalue weighted by atomic mass is 32.1. The SMILES string of the molecule is CCOc1ccc2c(n1)N(c1ccc(OC)cc1)C(=O)N(c1ccc(C(=O)NC)cc1)C2.CCOc1ccc2c(n1)N(c1ccc(OC)cc1)C(=O)N(c1cncs1)C2.[2H]C([2H])([2H])Oc1ccc(N2C(=O)N(c3ccc4nn(CCC(F)(F)F)cc4c3)Cc3ccc(OCC(F)F)nc32)cc1.[2H]C([2H])([2H])Oc1ccc(N2C(=O)N(c3ccc4nn(CCOC)cc4c3)Cc3ccc(OCC(F)F)nc32)cc1. The summed E-state index contributed by atoms with van der Waals surface area (Å²) in [4.78, 5) is 101. The molecular formula is C95H89F7N18O14S. The summed E-state index contributed by atoms with van der Waals surface area (Å²) in [6, 6.07) is 55.3. The minimum absolute atomic E-state index is 0.0234. The minimum Gasteiger partial charge on any atom is -0.497 e. The van der Waals surface area contributed by atoms with Gasteiger partial charge in [-0.05, 0) is 196 Å². The fraction of sp³-hybridized carbons (Fsp3) is 0.242. The van der Waals surface area contributed by atoms with Crippen molar-refractivity contribution in [1.29, 1.82) is 0 Å². The predicted octanol–water partition coefficient (Wildman–Crippen LogP) is 19.7. The van der Waals surface area contributed by atoms with Crippen LogP contribution in [0.3, 0.4) is 0 Å². The Morgan fingerprint density at radius 2 is 0.793 bits per heavy atom. The third kappa shape index (κ3) is 21.7. The van der Waals surface area contributed by atoms with E-state index in [9.17, 15) is 54.7 Å². The van der Waals surface area contributed by atoms with Crippen molar-refractivity contribution < 1.29 is 106 Å². The average molecular weight is 1880 g/mol. The maximum absolute atomic E-state index is 14.0. The zero-order valence-corrected chi connectivity index (χ0v) is 73.8. The van der Waals surface area contributed by atoms with Crippen molar-refractivity contribution in [2.45, 2.75) is 78.6 Å². The standard InChI is InChI=1S/C26H22F5N5O3.C26H25F2N5O4.C24H24N4O4.C19H18N4O3S/c1-38-20-6-3-18(4-7-20)36-24-16(2-9-23(32-24)39-15-22(27)28)14-35(25(36)37)19-5-8-21-17(12-19)13-34(33-21)11-10-26(29,30)31;1-35-12-11-31-14-18-13-20(6-9-22(18)30-31)32-15-17-3-10-24(37-16-23(27)28)29-25(17)33(26(32)34)19-4-7-21(36-2)8-5-19;1-4-32-21-14-7-17-15-27(18-8-5-16(6-9-18)23(29)25-2)24(30)28(22(17)26-21)19-10-12-20(31-3)13-11-19;1-3-26-16-9-4-13-11-22(17-10-20-12-27-17)19(24)23(18(13)21-16)14-5-7-15(25-2)8-6-14/h2-9,12-13,22H,10-11,14-15H2,1H3;3-10,13-14,23H,11-12,15-16H2,1-2H3;5-14H,4,15H2,1-3H3,(H,25,29);4-10,12H,3,11H2,1-2H3/i1D3;2D3;;. The van der Waals surface area contributed by atoms with Crippen molar-refractivity contribution in [3.63, 3.8) is 0 Å². The molecule has 0 saturated heterocycles. The number of thiazole rings is 1. The van der Waals surface area contributed by atoms with Gasteiger partial charge in [-0.25, -0.2) is 56.3 Å². The summed E-state index contributed by atoms with van der Waals surface area (Å²) in [6.45, 7) is 4.73. The molecule has 7 aromatic heterocycles. The lowest BCUT2D eigenvalue weighted by atomic mass is 10.1. The molecule has 11 heterocycles. The van der Waals surface area contributed by atoms with Crippen LogP contribution in [0, 0.1) is 0 Å². The number of aromatic nitrogens is 9. The Hall–Kier alpha value is -15.9. The van der Waals surface area contributed by atoms with Crippen molar-refractivity contribution in [2.24, 2.45) is 0 Å². The molecule has 0 fully saturated rings. The van der Waals surface area contributed by atoms with Crippen LogP contribution in [-0.2, 0) is 44.0 Å². The number of urea groups is 4. The molecule has 0 atom stereocenters. The third-order valence-corrected chi connectivity index (χ3v) is 21.9. The number of nitrogens with one attached hydrogen (secondary N) is 1. The van der Waals surface area contributed by atoms with Crippen molar-refractivity contribution in [2.75, 3.05) is 115 Å². The van der Waals surface area contributed by atoms with Crippen molar-refractivity contribution in [3.8, 4) is 46.5 Å². The van der Waals surface area contributed by atoms with Gasteiger partial charge in [0.25, 0.3) is 18.8 Å². The van der Waals surface area contributed by atoms with Gasteiger partial charge in [-0.15, -0.1) is 11.3 Å². The van der Waals surface area contributed by atoms with Crippen LogP contribution in [0.5, 0.6) is 46.5 Å². The second-order valence-corrected chi connectivity index (χ2v) is 30.7. The molecule has 135 heavy (non-hydrogen) atoms. The third-order valence-electron chi connectivity index (χ3n) is 21.2. The Kier molecular flexibility index (Phi) is 26.8. The van der Waals surface area contributed by atoms with E-state index in [0.717, 1.165) is 32.8 Å². The first kappa shape index (κ1) is 85.9. The number of rotatable bonds is 28. The van der Waals surface area contributed by atoms with Crippen LogP contribution in [-0.4, -0.2) is 169 Å². The summed E-state index contributed by atoms with van der Waals surface area (Å²) in [5, 5.41) is 13.4. The van der Waals surface area contributed by atoms with Crippen molar-refractivity contribution in [1.82, 2.24) is 49.8 Å². The van der Waals surface area contributed by atoms with E-state index in [-0.39, 0.29) is 78.2 Å². The zero-order chi connectivity index (χ0) is 100. The second kappa shape index (κ2) is 42.1. The van der Waals surface area contributed by atoms with Crippen molar-refractivity contribution >= 4 is 131 Å². The van der Waals surface area contributed by atoms with E-state index in [1.165, 1.54) is 97.6 Å². The number of amides is 9. The molecule has 32 nitrogen and oxygen atoms in total. The molecule has 4 aliphatic heterocycles. The number of carbonyl (C=O) groups excluding carboxylic acids is 5. The van der Waals surface area contributed by atoms with Crippen LogP contribution in [0.2, 0.25) is 0 Å². The largest absolute Gasteiger partial charge is 0.497 e. The number of hydrogen-bond donors (Lipinski definition) is 1. The molecule has 4 aliphatic rings. The number of fused-ring (bicyclic) bond motifs is 6. The Morgan fingerprint density at radius 3 is 1.13 bits per heavy atom. The summed E-state index contributed by atoms with van der Waals surface area (Å²) in [5.41, 5.74) is 10.1. The van der Waals surface area contributed by atoms with Gasteiger partial charge >= 0.3 is 30.3 Å². The molecule has 18 rings (SSSR count). The van der Waals surface area contributed by atoms with E-state index in [4.69, 9.17) is 50.9 Å². The first-order valence-corrected chi connectivity index (χ1v) is 42.6. The highest BCUT2D eigenvalue weighted by Gasteiger charge is 2.40. The number of nitrogens with zero attached hydrogens (tertiary/aromatic N) is 17. The number of aryl methyl sites for hydroxylation is 1. The molecule has 40 heteroatoms. The van der Waals surface area contributed by atoms with Crippen LogP contribution >= 0.6 is 11.3 Å². The molecule has 0 radical (unpaired) electrons. The first-order valence-electron chi connectivity index (χ1n) is 44.7. The van der Waals surface area contributed by atoms with Crippen LogP contribution in [0.15, 0.2) is 230 Å². The fourth-order valence-corrected chi connectivity index (χ4v) is 15.3. The molecule has 0 saturated carbocycles. The van der Waals surface area contributed by atoms with Gasteiger partial charge in [-0.3, -0.25) is 38.7 Å². The highest BCUT2D eigenvalue weighted by Crippen LogP contribution is 2.45. The van der Waals surface area contributed by atoms with Gasteiger partial charge in [0.2, 0.25) is 23.5 Å². The monoisotopic (exact) mass is 1880 g/mol. The topological polar surface area (TPSA) is 306 Å². The molecule has 9 amide bonds. The lowest BCUT2D eigenvalue weighted by Crippen LogP contribution is -2.45. The van der Waals surface area contributed by atoms with E-state index in [2.05, 4.69) is 40.4 Å². The summed E-state index contributed by atoms with van der Waals surface area (Å²) in [5.74, 6) is 3.55. The first-order chi connectivity index (χ1) is 67.6. The number of benzene rings is 7. The average Bonchev–Trinajstić information content (AvgIpc) is 1.48. The fourth-order valence-electron chi connectivity index (χ4n) is 14.7. The lowest BCUT2D eigenvalue weighted by molar-refractivity contribution is -0.137. The van der Waals surface area contributed by atoms with Crippen molar-refractivity contribution in [3.05, 3.63) is 258 Å². The molecule has 7 aromatic carbocycles. The molecule has 0 bridgehead atoms. The smallest absolute Gasteiger partial charge is 0.390 e. The molecular weight excluding hydrogens is 1780 g/mol. The number of ether oxygens (including phenoxy) is 9. The van der Waals surface area contributed by atoms with E-state index < -0.39 is 64.8 Å². The summed E-state index contributed by atoms with van der Waals surface area (Å²) in [7, 11) is 1.07. The van der Waals surface area contributed by atoms with Gasteiger partial charge in [0, 0.05) is 113 Å². The zero-order valence-electron chi connectivity index (χ0n) is 79.0. The minimum atomic E-state index is -4.34. The number of anilines is 12. The van der Waals surface area contributed by atoms with Gasteiger partial charge in [-0.2, -0.15) is 43.3 Å². The van der Waals surface area contributed by atoms with Crippen LogP contribution < -0.4 is 82.4 Å². The molecule has 698 valence electrons. The maximum atomic E-state index is 14.0. The lowest BCUT2D eigenvalue weighted by Gasteiger charge is -2.36. The highest BCUT2D eigenvalue weighted by molar-refractivity contribution is 7.14. The molecule has 14 aromatic rings. The van der Waals surface area contributed by atoms with Gasteiger partial charge in [0.1, 0.15) is 51.3 Å². The number of alkyl halides is 7. The predicted molar refractivity (Wildman–Crippen MR) is 493 cm³/mol. The summed E-state index contributed by atoms with van der Waals surface area (Å²) in [6.07, 6.45) is -5.79.